The Morgan fingerprint density at radius 1 is 1.42 bits per heavy atom. The summed E-state index contributed by atoms with van der Waals surface area (Å²) in [5, 5.41) is 3.50. The fraction of sp³-hybridized carbons (Fsp3) is 0.933. The second-order valence-electron chi connectivity index (χ2n) is 5.74. The van der Waals surface area contributed by atoms with Gasteiger partial charge in [-0.15, -0.1) is 0 Å². The van der Waals surface area contributed by atoms with E-state index in [-0.39, 0.29) is 12.0 Å². The molecule has 0 aromatic rings. The van der Waals surface area contributed by atoms with Crippen LogP contribution < -0.4 is 5.32 Å². The highest BCUT2D eigenvalue weighted by Gasteiger charge is 2.29. The molecular weight excluding hydrogens is 240 g/mol. The van der Waals surface area contributed by atoms with Gasteiger partial charge in [-0.2, -0.15) is 0 Å². The van der Waals surface area contributed by atoms with E-state index in [4.69, 9.17) is 4.74 Å². The van der Waals surface area contributed by atoms with E-state index in [0.717, 1.165) is 26.1 Å². The molecule has 1 heterocycles. The average Bonchev–Trinajstić information content (AvgIpc) is 2.38. The van der Waals surface area contributed by atoms with E-state index in [2.05, 4.69) is 31.0 Å². The minimum absolute atomic E-state index is 0.0533. The van der Waals surface area contributed by atoms with Gasteiger partial charge in [-0.3, -0.25) is 9.69 Å². The van der Waals surface area contributed by atoms with Crippen molar-refractivity contribution in [1.82, 2.24) is 10.2 Å². The van der Waals surface area contributed by atoms with E-state index in [1.165, 1.54) is 12.8 Å². The van der Waals surface area contributed by atoms with E-state index in [1.54, 1.807) is 0 Å². The molecule has 2 unspecified atom stereocenters. The molecular formula is C15H30N2O2. The SMILES string of the molecule is CCOC(=O)C(CC)N1CCCC(CNC(C)C)C1. The lowest BCUT2D eigenvalue weighted by Gasteiger charge is -2.37. The average molecular weight is 270 g/mol. The highest BCUT2D eigenvalue weighted by molar-refractivity contribution is 5.75. The van der Waals surface area contributed by atoms with Gasteiger partial charge in [0.1, 0.15) is 6.04 Å². The largest absolute Gasteiger partial charge is 0.465 e. The summed E-state index contributed by atoms with van der Waals surface area (Å²) in [6, 6.07) is 0.476. The maximum atomic E-state index is 12.0. The zero-order chi connectivity index (χ0) is 14.3. The van der Waals surface area contributed by atoms with Crippen LogP contribution in [0.2, 0.25) is 0 Å². The second-order valence-corrected chi connectivity index (χ2v) is 5.74. The van der Waals surface area contributed by atoms with Crippen LogP contribution in [0.4, 0.5) is 0 Å². The summed E-state index contributed by atoms with van der Waals surface area (Å²) < 4.78 is 5.19. The Hall–Kier alpha value is -0.610. The number of carbonyl (C=O) groups is 1. The third kappa shape index (κ3) is 5.49. The van der Waals surface area contributed by atoms with Gasteiger partial charge < -0.3 is 10.1 Å². The van der Waals surface area contributed by atoms with Gasteiger partial charge in [0.25, 0.3) is 0 Å². The number of piperidine rings is 1. The molecule has 0 aromatic carbocycles. The first-order valence-corrected chi connectivity index (χ1v) is 7.72. The third-order valence-corrected chi connectivity index (χ3v) is 3.75. The van der Waals surface area contributed by atoms with Crippen molar-refractivity contribution in [2.45, 2.75) is 59.0 Å². The smallest absolute Gasteiger partial charge is 0.323 e. The third-order valence-electron chi connectivity index (χ3n) is 3.75. The molecule has 1 saturated heterocycles. The van der Waals surface area contributed by atoms with Crippen LogP contribution in [-0.2, 0) is 9.53 Å². The Morgan fingerprint density at radius 3 is 2.74 bits per heavy atom. The van der Waals surface area contributed by atoms with E-state index in [9.17, 15) is 4.79 Å². The maximum Gasteiger partial charge on any atom is 0.323 e. The molecule has 1 rings (SSSR count). The number of nitrogens with one attached hydrogen (secondary N) is 1. The summed E-state index contributed by atoms with van der Waals surface area (Å²) in [4.78, 5) is 14.3. The molecule has 2 atom stereocenters. The summed E-state index contributed by atoms with van der Waals surface area (Å²) in [6.45, 7) is 11.8. The Balaban J connectivity index is 2.49. The van der Waals surface area contributed by atoms with Crippen LogP contribution in [0.5, 0.6) is 0 Å². The van der Waals surface area contributed by atoms with Gasteiger partial charge in [-0.25, -0.2) is 0 Å². The topological polar surface area (TPSA) is 41.6 Å². The quantitative estimate of drug-likeness (QED) is 0.719. The lowest BCUT2D eigenvalue weighted by molar-refractivity contribution is -0.150. The number of ether oxygens (including phenoxy) is 1. The molecule has 1 aliphatic rings. The first kappa shape index (κ1) is 16.4. The van der Waals surface area contributed by atoms with Gasteiger partial charge in [-0.05, 0) is 45.2 Å². The number of carbonyl (C=O) groups excluding carboxylic acids is 1. The van der Waals surface area contributed by atoms with Crippen LogP contribution in [0, 0.1) is 5.92 Å². The van der Waals surface area contributed by atoms with Crippen molar-refractivity contribution >= 4 is 5.97 Å². The van der Waals surface area contributed by atoms with Crippen LogP contribution in [0.25, 0.3) is 0 Å². The van der Waals surface area contributed by atoms with Gasteiger partial charge in [0.05, 0.1) is 6.61 Å². The molecule has 1 fully saturated rings. The van der Waals surface area contributed by atoms with E-state index < -0.39 is 0 Å². The van der Waals surface area contributed by atoms with Gasteiger partial charge in [0.15, 0.2) is 0 Å². The van der Waals surface area contributed by atoms with Crippen LogP contribution in [0.1, 0.15) is 47.0 Å². The minimum atomic E-state index is -0.0539. The molecule has 19 heavy (non-hydrogen) atoms. The highest BCUT2D eigenvalue weighted by Crippen LogP contribution is 2.20. The predicted octanol–water partition coefficient (Wildman–Crippen LogP) is 2.04. The maximum absolute atomic E-state index is 12.0. The fourth-order valence-corrected chi connectivity index (χ4v) is 2.76. The molecule has 0 amide bonds. The molecule has 0 spiro atoms. The molecule has 1 N–H and O–H groups in total. The van der Waals surface area contributed by atoms with E-state index in [0.29, 0.717) is 18.6 Å². The molecule has 0 aromatic heterocycles. The molecule has 0 radical (unpaired) electrons. The molecule has 0 bridgehead atoms. The lowest BCUT2D eigenvalue weighted by atomic mass is 9.96. The monoisotopic (exact) mass is 270 g/mol. The van der Waals surface area contributed by atoms with Crippen molar-refractivity contribution in [3.05, 3.63) is 0 Å². The van der Waals surface area contributed by atoms with Gasteiger partial charge in [-0.1, -0.05) is 20.8 Å². The number of hydrogen-bond acceptors (Lipinski definition) is 4. The Morgan fingerprint density at radius 2 is 2.16 bits per heavy atom. The Bertz CT molecular complexity index is 269. The molecule has 0 saturated carbocycles. The van der Waals surface area contributed by atoms with Gasteiger partial charge in [0, 0.05) is 12.6 Å². The van der Waals surface area contributed by atoms with Crippen molar-refractivity contribution in [3.63, 3.8) is 0 Å². The summed E-state index contributed by atoms with van der Waals surface area (Å²) in [5.41, 5.74) is 0. The number of rotatable bonds is 7. The molecule has 4 nitrogen and oxygen atoms in total. The van der Waals surface area contributed by atoms with E-state index in [1.807, 2.05) is 6.92 Å². The summed E-state index contributed by atoms with van der Waals surface area (Å²) >= 11 is 0. The Labute approximate surface area is 117 Å². The highest BCUT2D eigenvalue weighted by atomic mass is 16.5. The molecule has 4 heteroatoms. The lowest BCUT2D eigenvalue weighted by Crippen LogP contribution is -2.49. The van der Waals surface area contributed by atoms with Crippen LogP contribution in [0.15, 0.2) is 0 Å². The van der Waals surface area contributed by atoms with E-state index >= 15 is 0 Å². The number of esters is 1. The molecule has 1 aliphatic heterocycles. The predicted molar refractivity (Wildman–Crippen MR) is 78.1 cm³/mol. The Kier molecular flexibility index (Phi) is 7.39. The number of nitrogens with zero attached hydrogens (tertiary/aromatic N) is 1. The first-order valence-electron chi connectivity index (χ1n) is 7.72. The summed E-state index contributed by atoms with van der Waals surface area (Å²) in [5.74, 6) is 0.599. The van der Waals surface area contributed by atoms with Crippen molar-refractivity contribution in [1.29, 1.82) is 0 Å². The summed E-state index contributed by atoms with van der Waals surface area (Å²) in [6.07, 6.45) is 3.28. The fourth-order valence-electron chi connectivity index (χ4n) is 2.76. The summed E-state index contributed by atoms with van der Waals surface area (Å²) in [7, 11) is 0. The van der Waals surface area contributed by atoms with Gasteiger partial charge >= 0.3 is 5.97 Å². The van der Waals surface area contributed by atoms with Crippen molar-refractivity contribution in [2.24, 2.45) is 5.92 Å². The number of hydrogen-bond donors (Lipinski definition) is 1. The van der Waals surface area contributed by atoms with Gasteiger partial charge in [0.2, 0.25) is 0 Å². The molecule has 0 aliphatic carbocycles. The molecule has 112 valence electrons. The zero-order valence-electron chi connectivity index (χ0n) is 12.9. The van der Waals surface area contributed by atoms with Crippen LogP contribution in [-0.4, -0.2) is 49.2 Å². The van der Waals surface area contributed by atoms with Crippen molar-refractivity contribution in [2.75, 3.05) is 26.2 Å². The van der Waals surface area contributed by atoms with Crippen molar-refractivity contribution < 1.29 is 9.53 Å². The first-order chi connectivity index (χ1) is 9.08. The number of likely N-dealkylation sites (tertiary alicyclic amines) is 1. The zero-order valence-corrected chi connectivity index (χ0v) is 12.9. The standard InChI is InChI=1S/C15H30N2O2/c1-5-14(15(18)19-6-2)17-9-7-8-13(11-17)10-16-12(3)4/h12-14,16H,5-11H2,1-4H3. The van der Waals surface area contributed by atoms with Crippen LogP contribution >= 0.6 is 0 Å². The van der Waals surface area contributed by atoms with Crippen molar-refractivity contribution in [3.8, 4) is 0 Å². The van der Waals surface area contributed by atoms with Crippen LogP contribution in [0.3, 0.4) is 0 Å². The minimum Gasteiger partial charge on any atom is -0.465 e. The normalized spacial score (nSPS) is 22.5. The second kappa shape index (κ2) is 8.54.